The highest BCUT2D eigenvalue weighted by Gasteiger charge is 2.15. The third kappa shape index (κ3) is 5.92. The average molecular weight is 436 g/mol. The maximum absolute atomic E-state index is 12.8. The van der Waals surface area contributed by atoms with Crippen molar-refractivity contribution in [1.29, 1.82) is 0 Å². The minimum Gasteiger partial charge on any atom is -0.352 e. The zero-order valence-electron chi connectivity index (χ0n) is 18.1. The second kappa shape index (κ2) is 10.9. The summed E-state index contributed by atoms with van der Waals surface area (Å²) < 4.78 is 0. The molecule has 0 aliphatic carbocycles. The molecule has 2 N–H and O–H groups in total. The third-order valence-electron chi connectivity index (χ3n) is 5.43. The average Bonchev–Trinajstić information content (AvgIpc) is 2.88. The first-order valence-corrected chi connectivity index (χ1v) is 10.9. The number of hydrogen-bond acceptors (Lipinski definition) is 3. The Bertz CT molecular complexity index is 1160. The van der Waals surface area contributed by atoms with Crippen LogP contribution in [0.1, 0.15) is 44.2 Å². The molecule has 0 saturated carbocycles. The summed E-state index contributed by atoms with van der Waals surface area (Å²) in [6, 6.07) is 31.0. The highest BCUT2D eigenvalue weighted by Crippen LogP contribution is 2.27. The lowest BCUT2D eigenvalue weighted by atomic mass is 9.88. The molecule has 0 bridgehead atoms. The fraction of sp³-hybridized carbons (Fsp3) is 0.107. The van der Waals surface area contributed by atoms with Crippen LogP contribution in [0, 0.1) is 0 Å². The number of hydrogen-bond donors (Lipinski definition) is 2. The predicted molar refractivity (Wildman–Crippen MR) is 130 cm³/mol. The van der Waals surface area contributed by atoms with Crippen LogP contribution in [0.5, 0.6) is 0 Å². The van der Waals surface area contributed by atoms with Crippen molar-refractivity contribution in [2.75, 3.05) is 11.9 Å². The zero-order valence-corrected chi connectivity index (χ0v) is 18.1. The van der Waals surface area contributed by atoms with E-state index in [1.807, 2.05) is 36.4 Å². The highest BCUT2D eigenvalue weighted by atomic mass is 16.2. The molecule has 164 valence electrons. The first-order valence-electron chi connectivity index (χ1n) is 10.9. The number of aromatic nitrogens is 1. The van der Waals surface area contributed by atoms with Crippen molar-refractivity contribution in [3.63, 3.8) is 0 Å². The molecule has 0 aliphatic heterocycles. The van der Waals surface area contributed by atoms with E-state index in [2.05, 4.69) is 39.9 Å². The summed E-state index contributed by atoms with van der Waals surface area (Å²) in [7, 11) is 0. The van der Waals surface area contributed by atoms with Gasteiger partial charge in [0.25, 0.3) is 11.8 Å². The first-order chi connectivity index (χ1) is 16.2. The van der Waals surface area contributed by atoms with Gasteiger partial charge in [0, 0.05) is 36.1 Å². The summed E-state index contributed by atoms with van der Waals surface area (Å²) in [5, 5.41) is 5.83. The van der Waals surface area contributed by atoms with E-state index in [1.54, 1.807) is 42.6 Å². The van der Waals surface area contributed by atoms with Crippen molar-refractivity contribution in [3.05, 3.63) is 132 Å². The molecular formula is C28H25N3O2. The lowest BCUT2D eigenvalue weighted by molar-refractivity contribution is 0.0951. The predicted octanol–water partition coefficient (Wildman–Crippen LogP) is 5.29. The van der Waals surface area contributed by atoms with Gasteiger partial charge in [-0.2, -0.15) is 0 Å². The van der Waals surface area contributed by atoms with Crippen molar-refractivity contribution in [2.24, 2.45) is 0 Å². The molecule has 0 spiro atoms. The van der Waals surface area contributed by atoms with Crippen LogP contribution in [-0.2, 0) is 0 Å². The maximum atomic E-state index is 12.8. The topological polar surface area (TPSA) is 71.1 Å². The van der Waals surface area contributed by atoms with E-state index in [-0.39, 0.29) is 17.7 Å². The molecule has 0 fully saturated rings. The van der Waals surface area contributed by atoms with E-state index in [1.165, 1.54) is 17.3 Å². The van der Waals surface area contributed by atoms with Crippen LogP contribution in [0.15, 0.2) is 109 Å². The van der Waals surface area contributed by atoms with E-state index in [4.69, 9.17) is 0 Å². The van der Waals surface area contributed by atoms with Crippen LogP contribution in [0.25, 0.3) is 0 Å². The number of carbonyl (C=O) groups is 2. The Morgan fingerprint density at radius 3 is 2.03 bits per heavy atom. The van der Waals surface area contributed by atoms with Crippen molar-refractivity contribution in [2.45, 2.75) is 12.3 Å². The van der Waals surface area contributed by atoms with Gasteiger partial charge in [-0.3, -0.25) is 14.6 Å². The minimum atomic E-state index is -0.269. The molecule has 0 atom stereocenters. The zero-order chi connectivity index (χ0) is 22.9. The monoisotopic (exact) mass is 435 g/mol. The van der Waals surface area contributed by atoms with Gasteiger partial charge in [-0.25, -0.2) is 0 Å². The van der Waals surface area contributed by atoms with Crippen molar-refractivity contribution < 1.29 is 9.59 Å². The van der Waals surface area contributed by atoms with E-state index in [0.717, 1.165) is 6.42 Å². The van der Waals surface area contributed by atoms with Crippen molar-refractivity contribution >= 4 is 17.5 Å². The number of benzene rings is 3. The number of rotatable bonds is 8. The lowest BCUT2D eigenvalue weighted by Crippen LogP contribution is -2.26. The fourth-order valence-electron chi connectivity index (χ4n) is 3.77. The minimum absolute atomic E-state index is 0.174. The van der Waals surface area contributed by atoms with Gasteiger partial charge in [0.05, 0.1) is 5.56 Å². The Kier molecular flexibility index (Phi) is 7.23. The summed E-state index contributed by atoms with van der Waals surface area (Å²) in [4.78, 5) is 29.1. The Morgan fingerprint density at radius 1 is 0.727 bits per heavy atom. The van der Waals surface area contributed by atoms with Gasteiger partial charge in [-0.15, -0.1) is 0 Å². The Labute approximate surface area is 193 Å². The second-order valence-electron chi connectivity index (χ2n) is 7.70. The molecule has 1 aromatic heterocycles. The summed E-state index contributed by atoms with van der Waals surface area (Å²) >= 11 is 0. The smallest absolute Gasteiger partial charge is 0.257 e. The van der Waals surface area contributed by atoms with Gasteiger partial charge >= 0.3 is 0 Å². The van der Waals surface area contributed by atoms with Crippen LogP contribution in [0.4, 0.5) is 5.69 Å². The molecular weight excluding hydrogens is 410 g/mol. The van der Waals surface area contributed by atoms with Gasteiger partial charge in [0.1, 0.15) is 0 Å². The molecule has 0 unspecified atom stereocenters. The molecule has 0 aliphatic rings. The molecule has 3 aromatic carbocycles. The maximum Gasteiger partial charge on any atom is 0.257 e. The molecule has 0 saturated heterocycles. The van der Waals surface area contributed by atoms with E-state index in [0.29, 0.717) is 23.4 Å². The first kappa shape index (κ1) is 22.0. The highest BCUT2D eigenvalue weighted by molar-refractivity contribution is 6.04. The third-order valence-corrected chi connectivity index (χ3v) is 5.43. The van der Waals surface area contributed by atoms with E-state index >= 15 is 0 Å². The fourth-order valence-corrected chi connectivity index (χ4v) is 3.77. The molecule has 4 rings (SSSR count). The quantitative estimate of drug-likeness (QED) is 0.395. The van der Waals surface area contributed by atoms with Crippen LogP contribution >= 0.6 is 0 Å². The Morgan fingerprint density at radius 2 is 1.39 bits per heavy atom. The van der Waals surface area contributed by atoms with Gasteiger partial charge in [0.2, 0.25) is 0 Å². The van der Waals surface area contributed by atoms with Crippen LogP contribution < -0.4 is 10.6 Å². The van der Waals surface area contributed by atoms with Gasteiger partial charge in [-0.1, -0.05) is 66.7 Å². The van der Waals surface area contributed by atoms with Crippen LogP contribution in [0.2, 0.25) is 0 Å². The normalized spacial score (nSPS) is 10.6. The summed E-state index contributed by atoms with van der Waals surface area (Å²) in [5.74, 6) is -0.251. The molecule has 2 amide bonds. The molecule has 33 heavy (non-hydrogen) atoms. The molecule has 5 nitrogen and oxygen atoms in total. The number of carbonyl (C=O) groups excluding carboxylic acids is 2. The second-order valence-corrected chi connectivity index (χ2v) is 7.70. The van der Waals surface area contributed by atoms with E-state index in [9.17, 15) is 9.59 Å². The summed E-state index contributed by atoms with van der Waals surface area (Å²) in [6.45, 7) is 0.527. The van der Waals surface area contributed by atoms with Gasteiger partial charge in [0.15, 0.2) is 0 Å². The largest absolute Gasteiger partial charge is 0.352 e. The summed E-state index contributed by atoms with van der Waals surface area (Å²) in [5.41, 5.74) is 3.95. The Balaban J connectivity index is 1.39. The summed E-state index contributed by atoms with van der Waals surface area (Å²) in [6.07, 6.45) is 3.89. The van der Waals surface area contributed by atoms with Crippen molar-refractivity contribution in [3.8, 4) is 0 Å². The number of anilines is 1. The van der Waals surface area contributed by atoms with Crippen LogP contribution in [0.3, 0.4) is 0 Å². The number of nitrogens with one attached hydrogen (secondary N) is 2. The van der Waals surface area contributed by atoms with Crippen LogP contribution in [-0.4, -0.2) is 23.3 Å². The number of nitrogens with zero attached hydrogens (tertiary/aromatic N) is 1. The van der Waals surface area contributed by atoms with Gasteiger partial charge in [-0.05, 0) is 47.9 Å². The molecule has 1 heterocycles. The van der Waals surface area contributed by atoms with Crippen molar-refractivity contribution in [1.82, 2.24) is 10.3 Å². The lowest BCUT2D eigenvalue weighted by Gasteiger charge is -2.18. The number of pyridine rings is 1. The molecule has 0 radical (unpaired) electrons. The standard InChI is InChI=1S/C28H25N3O2/c32-27(23-13-7-15-25(19-23)31-28(33)24-14-8-17-29-20-24)30-18-16-26(21-9-3-1-4-10-21)22-11-5-2-6-12-22/h1-15,17,19-20,26H,16,18H2,(H,30,32)(H,31,33). The van der Waals surface area contributed by atoms with E-state index < -0.39 is 0 Å². The van der Waals surface area contributed by atoms with Gasteiger partial charge < -0.3 is 10.6 Å². The SMILES string of the molecule is O=C(NCCC(c1ccccc1)c1ccccc1)c1cccc(NC(=O)c2cccnc2)c1. The molecule has 4 aromatic rings. The molecule has 5 heteroatoms. The Hall–Kier alpha value is -4.25. The number of amides is 2.